The van der Waals surface area contributed by atoms with Gasteiger partial charge in [-0.2, -0.15) is 0 Å². The molecule has 0 spiro atoms. The molecule has 5 nitrogen and oxygen atoms in total. The molecule has 0 aromatic carbocycles. The summed E-state index contributed by atoms with van der Waals surface area (Å²) in [5.41, 5.74) is -0.133. The van der Waals surface area contributed by atoms with Gasteiger partial charge in [0.1, 0.15) is 6.54 Å². The van der Waals surface area contributed by atoms with Crippen molar-refractivity contribution in [2.45, 2.75) is 6.54 Å². The van der Waals surface area contributed by atoms with Gasteiger partial charge in [0, 0.05) is 38.4 Å². The molecule has 1 amide bonds. The first-order valence-corrected chi connectivity index (χ1v) is 5.41. The van der Waals surface area contributed by atoms with E-state index in [2.05, 4.69) is 5.32 Å². The number of pyridine rings is 1. The summed E-state index contributed by atoms with van der Waals surface area (Å²) < 4.78 is 1.43. The van der Waals surface area contributed by atoms with Crippen LogP contribution in [0, 0.1) is 0 Å². The van der Waals surface area contributed by atoms with Crippen molar-refractivity contribution in [2.75, 3.05) is 26.2 Å². The molecular formula is C11H16ClN3O2. The Morgan fingerprint density at radius 3 is 2.65 bits per heavy atom. The molecule has 0 radical (unpaired) electrons. The number of nitrogens with one attached hydrogen (secondary N) is 1. The van der Waals surface area contributed by atoms with Crippen LogP contribution >= 0.6 is 12.4 Å². The highest BCUT2D eigenvalue weighted by Gasteiger charge is 2.16. The first-order chi connectivity index (χ1) is 7.77. The molecule has 94 valence electrons. The highest BCUT2D eigenvalue weighted by Crippen LogP contribution is 1.95. The number of carbonyl (C=O) groups is 1. The normalized spacial score (nSPS) is 15.2. The molecule has 1 fully saturated rings. The molecule has 1 aromatic heterocycles. The summed E-state index contributed by atoms with van der Waals surface area (Å²) in [7, 11) is 0. The number of hydrogen-bond donors (Lipinski definition) is 1. The summed E-state index contributed by atoms with van der Waals surface area (Å²) in [6.07, 6.45) is 1.64. The third kappa shape index (κ3) is 3.57. The van der Waals surface area contributed by atoms with Gasteiger partial charge in [0.25, 0.3) is 5.56 Å². The minimum atomic E-state index is -0.133. The molecule has 0 saturated carbocycles. The zero-order valence-corrected chi connectivity index (χ0v) is 10.3. The predicted octanol–water partition coefficient (Wildman–Crippen LogP) is -0.298. The lowest BCUT2D eigenvalue weighted by molar-refractivity contribution is -0.132. The molecular weight excluding hydrogens is 242 g/mol. The molecule has 6 heteroatoms. The van der Waals surface area contributed by atoms with E-state index in [-0.39, 0.29) is 30.4 Å². The quantitative estimate of drug-likeness (QED) is 0.792. The highest BCUT2D eigenvalue weighted by molar-refractivity contribution is 5.85. The Kier molecular flexibility index (Phi) is 5.18. The summed E-state index contributed by atoms with van der Waals surface area (Å²) in [6.45, 7) is 3.24. The van der Waals surface area contributed by atoms with Crippen molar-refractivity contribution in [1.82, 2.24) is 14.8 Å². The molecule has 1 aliphatic heterocycles. The van der Waals surface area contributed by atoms with Gasteiger partial charge in [0.15, 0.2) is 0 Å². The van der Waals surface area contributed by atoms with Crippen LogP contribution in [0.4, 0.5) is 0 Å². The van der Waals surface area contributed by atoms with E-state index >= 15 is 0 Å². The van der Waals surface area contributed by atoms with Crippen LogP contribution in [-0.4, -0.2) is 41.6 Å². The number of aromatic nitrogens is 1. The van der Waals surface area contributed by atoms with Gasteiger partial charge >= 0.3 is 0 Å². The van der Waals surface area contributed by atoms with Gasteiger partial charge in [-0.3, -0.25) is 9.59 Å². The number of amides is 1. The van der Waals surface area contributed by atoms with E-state index in [4.69, 9.17) is 0 Å². The number of nitrogens with zero attached hydrogens (tertiary/aromatic N) is 2. The van der Waals surface area contributed by atoms with Crippen LogP contribution in [0.3, 0.4) is 0 Å². The van der Waals surface area contributed by atoms with Crippen LogP contribution in [0.2, 0.25) is 0 Å². The zero-order valence-electron chi connectivity index (χ0n) is 9.46. The van der Waals surface area contributed by atoms with Crippen LogP contribution < -0.4 is 10.9 Å². The van der Waals surface area contributed by atoms with Gasteiger partial charge in [-0.15, -0.1) is 12.4 Å². The van der Waals surface area contributed by atoms with Crippen LogP contribution in [0.25, 0.3) is 0 Å². The molecule has 0 aliphatic carbocycles. The van der Waals surface area contributed by atoms with Crippen molar-refractivity contribution >= 4 is 18.3 Å². The Morgan fingerprint density at radius 2 is 2.00 bits per heavy atom. The van der Waals surface area contributed by atoms with E-state index in [1.807, 2.05) is 0 Å². The van der Waals surface area contributed by atoms with Gasteiger partial charge in [0.2, 0.25) is 5.91 Å². The van der Waals surface area contributed by atoms with E-state index in [1.165, 1.54) is 10.6 Å². The summed E-state index contributed by atoms with van der Waals surface area (Å²) in [5, 5.41) is 3.18. The number of piperazine rings is 1. The maximum absolute atomic E-state index is 11.9. The second-order valence-electron chi connectivity index (χ2n) is 3.80. The monoisotopic (exact) mass is 257 g/mol. The minimum absolute atomic E-state index is 0. The van der Waals surface area contributed by atoms with E-state index in [0.29, 0.717) is 0 Å². The van der Waals surface area contributed by atoms with Gasteiger partial charge in [-0.1, -0.05) is 6.07 Å². The number of rotatable bonds is 2. The summed E-state index contributed by atoms with van der Waals surface area (Å²) in [6, 6.07) is 4.89. The van der Waals surface area contributed by atoms with Crippen LogP contribution in [0.5, 0.6) is 0 Å². The first-order valence-electron chi connectivity index (χ1n) is 5.41. The standard InChI is InChI=1S/C11H15N3O2.ClH/c15-10-3-1-2-6-14(10)9-11(16)13-7-4-12-5-8-13;/h1-3,6,12H,4-5,7-9H2;1H. The second-order valence-corrected chi connectivity index (χ2v) is 3.80. The summed E-state index contributed by atoms with van der Waals surface area (Å²) in [4.78, 5) is 25.1. The van der Waals surface area contributed by atoms with Gasteiger partial charge in [-0.25, -0.2) is 0 Å². The number of halogens is 1. The number of hydrogen-bond acceptors (Lipinski definition) is 3. The van der Waals surface area contributed by atoms with Crippen LogP contribution in [0.15, 0.2) is 29.2 Å². The Labute approximate surface area is 106 Å². The maximum Gasteiger partial charge on any atom is 0.250 e. The van der Waals surface area contributed by atoms with E-state index < -0.39 is 0 Å². The molecule has 0 bridgehead atoms. The average Bonchev–Trinajstić information content (AvgIpc) is 2.33. The minimum Gasteiger partial charge on any atom is -0.339 e. The van der Waals surface area contributed by atoms with Crippen molar-refractivity contribution in [2.24, 2.45) is 0 Å². The number of carbonyl (C=O) groups excluding carboxylic acids is 1. The van der Waals surface area contributed by atoms with Crippen LogP contribution in [-0.2, 0) is 11.3 Å². The largest absolute Gasteiger partial charge is 0.339 e. The predicted molar refractivity (Wildman–Crippen MR) is 67.4 cm³/mol. The third-order valence-corrected chi connectivity index (χ3v) is 2.67. The summed E-state index contributed by atoms with van der Waals surface area (Å²) >= 11 is 0. The molecule has 1 N–H and O–H groups in total. The Balaban J connectivity index is 0.00000144. The first kappa shape index (κ1) is 13.7. The summed E-state index contributed by atoms with van der Waals surface area (Å²) in [5.74, 6) is 0.00907. The molecule has 2 heterocycles. The average molecular weight is 258 g/mol. The van der Waals surface area contributed by atoms with E-state index in [1.54, 1.807) is 23.2 Å². The van der Waals surface area contributed by atoms with Gasteiger partial charge < -0.3 is 14.8 Å². The fraction of sp³-hybridized carbons (Fsp3) is 0.455. The Bertz CT molecular complexity index is 427. The SMILES string of the molecule is Cl.O=C(Cn1ccccc1=O)N1CCNCC1. The van der Waals surface area contributed by atoms with Crippen molar-refractivity contribution in [3.8, 4) is 0 Å². The van der Waals surface area contributed by atoms with E-state index in [9.17, 15) is 9.59 Å². The fourth-order valence-electron chi connectivity index (χ4n) is 1.75. The zero-order chi connectivity index (χ0) is 11.4. The van der Waals surface area contributed by atoms with Crippen molar-refractivity contribution in [3.63, 3.8) is 0 Å². The lowest BCUT2D eigenvalue weighted by Gasteiger charge is -2.27. The van der Waals surface area contributed by atoms with Crippen LogP contribution in [0.1, 0.15) is 0 Å². The molecule has 17 heavy (non-hydrogen) atoms. The lowest BCUT2D eigenvalue weighted by Crippen LogP contribution is -2.48. The van der Waals surface area contributed by atoms with E-state index in [0.717, 1.165) is 26.2 Å². The third-order valence-electron chi connectivity index (χ3n) is 2.67. The van der Waals surface area contributed by atoms with Crippen molar-refractivity contribution in [1.29, 1.82) is 0 Å². The smallest absolute Gasteiger partial charge is 0.250 e. The topological polar surface area (TPSA) is 54.3 Å². The molecule has 2 rings (SSSR count). The Morgan fingerprint density at radius 1 is 1.29 bits per heavy atom. The maximum atomic E-state index is 11.9. The molecule has 0 atom stereocenters. The lowest BCUT2D eigenvalue weighted by atomic mass is 10.3. The molecule has 1 aromatic rings. The fourth-order valence-corrected chi connectivity index (χ4v) is 1.75. The van der Waals surface area contributed by atoms with Crippen molar-refractivity contribution < 1.29 is 4.79 Å². The molecule has 1 aliphatic rings. The second kappa shape index (κ2) is 6.42. The molecule has 0 unspecified atom stereocenters. The van der Waals surface area contributed by atoms with Gasteiger partial charge in [0.05, 0.1) is 0 Å². The highest BCUT2D eigenvalue weighted by atomic mass is 35.5. The Hall–Kier alpha value is -1.33. The molecule has 1 saturated heterocycles. The van der Waals surface area contributed by atoms with Crippen molar-refractivity contribution in [3.05, 3.63) is 34.7 Å². The van der Waals surface area contributed by atoms with Gasteiger partial charge in [-0.05, 0) is 6.07 Å².